The topological polar surface area (TPSA) is 51.2 Å². The number of nitrogens with zero attached hydrogens (tertiary/aromatic N) is 1. The van der Waals surface area contributed by atoms with Gasteiger partial charge >= 0.3 is 6.18 Å². The summed E-state index contributed by atoms with van der Waals surface area (Å²) in [6, 6.07) is 7.72. The Balaban J connectivity index is 1.76. The summed E-state index contributed by atoms with van der Waals surface area (Å²) in [5.41, 5.74) is -0.990. The standard InChI is InChI=1S/C17H15F3N2O2S/c18-17(19,20)13-3-1-2-4-14(13)22-16(23)11-5-7-21-15(9-11)24-12-6-8-25-10-12/h1-5,7,9,12H,6,8,10H2,(H,22,23). The molecule has 8 heteroatoms. The van der Waals surface area contributed by atoms with Crippen molar-refractivity contribution in [2.45, 2.75) is 18.7 Å². The fourth-order valence-corrected chi connectivity index (χ4v) is 3.52. The van der Waals surface area contributed by atoms with Crippen LogP contribution in [0.15, 0.2) is 42.6 Å². The first-order valence-corrected chi connectivity index (χ1v) is 8.77. The second-order valence-electron chi connectivity index (χ2n) is 5.48. The number of nitrogens with one attached hydrogen (secondary N) is 1. The Morgan fingerprint density at radius 2 is 2.08 bits per heavy atom. The summed E-state index contributed by atoms with van der Waals surface area (Å²) in [5, 5.41) is 2.31. The summed E-state index contributed by atoms with van der Waals surface area (Å²) in [5.74, 6) is 1.52. The third-order valence-corrected chi connectivity index (χ3v) is 4.78. The number of ether oxygens (including phenoxy) is 1. The molecule has 3 rings (SSSR count). The summed E-state index contributed by atoms with van der Waals surface area (Å²) < 4.78 is 44.7. The molecule has 1 fully saturated rings. The average molecular weight is 368 g/mol. The number of amides is 1. The summed E-state index contributed by atoms with van der Waals surface area (Å²) >= 11 is 1.78. The van der Waals surface area contributed by atoms with Crippen LogP contribution in [0.25, 0.3) is 0 Å². The fraction of sp³-hybridized carbons (Fsp3) is 0.294. The van der Waals surface area contributed by atoms with Gasteiger partial charge in [0.15, 0.2) is 0 Å². The highest BCUT2D eigenvalue weighted by atomic mass is 32.2. The van der Waals surface area contributed by atoms with Crippen LogP contribution in [-0.2, 0) is 6.18 Å². The molecule has 4 nitrogen and oxygen atoms in total. The molecule has 2 aromatic rings. The molecule has 0 bridgehead atoms. The van der Waals surface area contributed by atoms with Gasteiger partial charge in [0.1, 0.15) is 6.10 Å². The summed E-state index contributed by atoms with van der Waals surface area (Å²) in [6.07, 6.45) is -2.19. The first-order chi connectivity index (χ1) is 11.9. The number of anilines is 1. The molecule has 0 radical (unpaired) electrons. The number of aromatic nitrogens is 1. The number of benzene rings is 1. The molecule has 1 aliphatic heterocycles. The number of alkyl halides is 3. The van der Waals surface area contributed by atoms with Gasteiger partial charge < -0.3 is 10.1 Å². The second kappa shape index (κ2) is 7.35. The van der Waals surface area contributed by atoms with Crippen molar-refractivity contribution in [3.05, 3.63) is 53.7 Å². The number of para-hydroxylation sites is 1. The third kappa shape index (κ3) is 4.45. The van der Waals surface area contributed by atoms with E-state index in [1.165, 1.54) is 36.5 Å². The van der Waals surface area contributed by atoms with E-state index in [1.54, 1.807) is 11.8 Å². The first-order valence-electron chi connectivity index (χ1n) is 7.61. The average Bonchev–Trinajstić information content (AvgIpc) is 3.07. The molecule has 1 N–H and O–H groups in total. The van der Waals surface area contributed by atoms with Crippen molar-refractivity contribution in [3.63, 3.8) is 0 Å². The van der Waals surface area contributed by atoms with E-state index in [2.05, 4.69) is 10.3 Å². The van der Waals surface area contributed by atoms with Gasteiger partial charge in [0.2, 0.25) is 5.88 Å². The van der Waals surface area contributed by atoms with Gasteiger partial charge in [-0.2, -0.15) is 24.9 Å². The minimum absolute atomic E-state index is 0.0433. The molecule has 2 heterocycles. The van der Waals surface area contributed by atoms with Crippen LogP contribution in [0.4, 0.5) is 18.9 Å². The van der Waals surface area contributed by atoms with Gasteiger partial charge in [0, 0.05) is 23.6 Å². The highest BCUT2D eigenvalue weighted by Crippen LogP contribution is 2.34. The zero-order chi connectivity index (χ0) is 17.9. The summed E-state index contributed by atoms with van der Waals surface area (Å²) in [7, 11) is 0. The van der Waals surface area contributed by atoms with E-state index in [1.807, 2.05) is 0 Å². The van der Waals surface area contributed by atoms with Crippen LogP contribution >= 0.6 is 11.8 Å². The number of thioether (sulfide) groups is 1. The van der Waals surface area contributed by atoms with E-state index in [0.29, 0.717) is 5.88 Å². The summed E-state index contributed by atoms with van der Waals surface area (Å²) in [4.78, 5) is 16.4. The Hall–Kier alpha value is -2.22. The Kier molecular flexibility index (Phi) is 5.17. The molecule has 1 aromatic heterocycles. The maximum atomic E-state index is 13.0. The van der Waals surface area contributed by atoms with Gasteiger partial charge in [-0.15, -0.1) is 0 Å². The lowest BCUT2D eigenvalue weighted by Gasteiger charge is -2.14. The fourth-order valence-electron chi connectivity index (χ4n) is 2.43. The van der Waals surface area contributed by atoms with E-state index in [9.17, 15) is 18.0 Å². The number of carbonyl (C=O) groups excluding carboxylic acids is 1. The van der Waals surface area contributed by atoms with Crippen LogP contribution in [0.2, 0.25) is 0 Å². The van der Waals surface area contributed by atoms with Crippen molar-refractivity contribution in [2.75, 3.05) is 16.8 Å². The quantitative estimate of drug-likeness (QED) is 0.877. The van der Waals surface area contributed by atoms with E-state index < -0.39 is 17.6 Å². The van der Waals surface area contributed by atoms with Gasteiger partial charge in [-0.05, 0) is 30.4 Å². The zero-order valence-corrected chi connectivity index (χ0v) is 13.9. The number of carbonyl (C=O) groups is 1. The van der Waals surface area contributed by atoms with Gasteiger partial charge in [0.25, 0.3) is 5.91 Å². The van der Waals surface area contributed by atoms with Gasteiger partial charge in [-0.1, -0.05) is 12.1 Å². The van der Waals surface area contributed by atoms with Crippen LogP contribution in [0.5, 0.6) is 5.88 Å². The molecule has 1 aliphatic rings. The predicted molar refractivity (Wildman–Crippen MR) is 90.0 cm³/mol. The Morgan fingerprint density at radius 1 is 1.28 bits per heavy atom. The Labute approximate surface area is 146 Å². The van der Waals surface area contributed by atoms with Gasteiger partial charge in [-0.3, -0.25) is 4.79 Å². The first kappa shape index (κ1) is 17.6. The predicted octanol–water partition coefficient (Wildman–Crippen LogP) is 4.24. The molecule has 1 saturated heterocycles. The number of rotatable bonds is 4. The largest absolute Gasteiger partial charge is 0.473 e. The number of pyridine rings is 1. The van der Waals surface area contributed by atoms with E-state index >= 15 is 0 Å². The maximum Gasteiger partial charge on any atom is 0.418 e. The van der Waals surface area contributed by atoms with Crippen molar-refractivity contribution in [1.29, 1.82) is 0 Å². The van der Waals surface area contributed by atoms with Gasteiger partial charge in [-0.25, -0.2) is 4.98 Å². The number of hydrogen-bond acceptors (Lipinski definition) is 4. The molecule has 1 atom stereocenters. The van der Waals surface area contributed by atoms with E-state index in [-0.39, 0.29) is 17.4 Å². The van der Waals surface area contributed by atoms with Crippen molar-refractivity contribution in [1.82, 2.24) is 4.98 Å². The summed E-state index contributed by atoms with van der Waals surface area (Å²) in [6.45, 7) is 0. The molecule has 0 saturated carbocycles. The molecule has 0 spiro atoms. The lowest BCUT2D eigenvalue weighted by atomic mass is 10.1. The molecule has 25 heavy (non-hydrogen) atoms. The van der Waals surface area contributed by atoms with Crippen LogP contribution < -0.4 is 10.1 Å². The Bertz CT molecular complexity index is 762. The second-order valence-corrected chi connectivity index (χ2v) is 6.63. The highest BCUT2D eigenvalue weighted by molar-refractivity contribution is 7.99. The molecular formula is C17H15F3N2O2S. The number of hydrogen-bond donors (Lipinski definition) is 1. The van der Waals surface area contributed by atoms with Crippen molar-refractivity contribution < 1.29 is 22.7 Å². The van der Waals surface area contributed by atoms with Crippen LogP contribution in [0.1, 0.15) is 22.3 Å². The molecule has 1 unspecified atom stereocenters. The van der Waals surface area contributed by atoms with Gasteiger partial charge in [0.05, 0.1) is 11.3 Å². The monoisotopic (exact) mass is 368 g/mol. The Morgan fingerprint density at radius 3 is 2.80 bits per heavy atom. The van der Waals surface area contributed by atoms with Crippen LogP contribution in [0.3, 0.4) is 0 Å². The third-order valence-electron chi connectivity index (χ3n) is 3.65. The smallest absolute Gasteiger partial charge is 0.418 e. The van der Waals surface area contributed by atoms with Crippen molar-refractivity contribution in [2.24, 2.45) is 0 Å². The highest BCUT2D eigenvalue weighted by Gasteiger charge is 2.33. The molecule has 132 valence electrons. The normalized spacial score (nSPS) is 17.3. The van der Waals surface area contributed by atoms with Crippen LogP contribution in [-0.4, -0.2) is 28.5 Å². The zero-order valence-electron chi connectivity index (χ0n) is 13.0. The lowest BCUT2D eigenvalue weighted by Crippen LogP contribution is -2.18. The van der Waals surface area contributed by atoms with E-state index in [0.717, 1.165) is 24.0 Å². The molecule has 1 amide bonds. The minimum Gasteiger partial charge on any atom is -0.473 e. The minimum atomic E-state index is -4.55. The van der Waals surface area contributed by atoms with Crippen molar-refractivity contribution in [3.8, 4) is 5.88 Å². The SMILES string of the molecule is O=C(Nc1ccccc1C(F)(F)F)c1ccnc(OC2CCSC2)c1. The van der Waals surface area contributed by atoms with E-state index in [4.69, 9.17) is 4.74 Å². The lowest BCUT2D eigenvalue weighted by molar-refractivity contribution is -0.136. The number of halogens is 3. The maximum absolute atomic E-state index is 13.0. The van der Waals surface area contributed by atoms with Crippen molar-refractivity contribution >= 4 is 23.4 Å². The molecule has 0 aliphatic carbocycles. The van der Waals surface area contributed by atoms with Crippen LogP contribution in [0, 0.1) is 0 Å². The molecule has 1 aromatic carbocycles. The molecular weight excluding hydrogens is 353 g/mol.